The molecule has 82 valence electrons. The van der Waals surface area contributed by atoms with Crippen molar-refractivity contribution in [2.75, 3.05) is 25.2 Å². The van der Waals surface area contributed by atoms with Crippen molar-refractivity contribution in [1.29, 1.82) is 0 Å². The summed E-state index contributed by atoms with van der Waals surface area (Å²) in [5.41, 5.74) is 13.8. The molecule has 0 aromatic heterocycles. The number of hydrogen-bond donors (Lipinski definition) is 2. The molecule has 0 heterocycles. The van der Waals surface area contributed by atoms with E-state index in [0.29, 0.717) is 18.0 Å². The van der Waals surface area contributed by atoms with E-state index in [4.69, 9.17) is 16.2 Å². The second-order valence-corrected chi connectivity index (χ2v) is 2.75. The summed E-state index contributed by atoms with van der Waals surface area (Å²) in [4.78, 5) is 0. The minimum Gasteiger partial charge on any atom is -0.399 e. The Hall–Kier alpha value is -0.640. The number of nitrogens with two attached hydrogens (primary N) is 2. The lowest BCUT2D eigenvalue weighted by atomic mass is 10.1. The molecule has 4 N–H and O–H groups in total. The van der Waals surface area contributed by atoms with E-state index in [1.165, 1.54) is 0 Å². The van der Waals surface area contributed by atoms with Crippen molar-refractivity contribution in [2.45, 2.75) is 6.42 Å². The minimum absolute atomic E-state index is 0. The molecule has 0 aliphatic carbocycles. The summed E-state index contributed by atoms with van der Waals surface area (Å²) in [5, 5.41) is 0. The lowest BCUT2D eigenvalue weighted by Gasteiger charge is -2.03. The lowest BCUT2D eigenvalue weighted by Crippen LogP contribution is -1.97. The van der Waals surface area contributed by atoms with Crippen LogP contribution in [0, 0.1) is 0 Å². The summed E-state index contributed by atoms with van der Waals surface area (Å²) < 4.78 is 4.94. The first-order valence-corrected chi connectivity index (χ1v) is 3.86. The highest BCUT2D eigenvalue weighted by Crippen LogP contribution is 2.13. The van der Waals surface area contributed by atoms with Crippen LogP contribution in [0.1, 0.15) is 5.56 Å². The summed E-state index contributed by atoms with van der Waals surface area (Å²) in [6, 6.07) is 5.57. The standard InChI is InChI=1S/C9H14N2O.2ClH/c1-12-3-2-7-4-8(10)6-9(11)5-7;;/h4-6H,2-3,10-11H2,1H3;2*1H. The van der Waals surface area contributed by atoms with Crippen LogP contribution in [0.2, 0.25) is 0 Å². The molecule has 1 aromatic carbocycles. The minimum atomic E-state index is 0. The van der Waals surface area contributed by atoms with Gasteiger partial charge in [-0.25, -0.2) is 0 Å². The maximum absolute atomic E-state index is 5.61. The summed E-state index contributed by atoms with van der Waals surface area (Å²) in [6.45, 7) is 0.697. The Kier molecular flexibility index (Phi) is 8.74. The Balaban J connectivity index is 0. The fraction of sp³-hybridized carbons (Fsp3) is 0.333. The zero-order chi connectivity index (χ0) is 8.97. The second-order valence-electron chi connectivity index (χ2n) is 2.75. The highest BCUT2D eigenvalue weighted by atomic mass is 35.5. The fourth-order valence-electron chi connectivity index (χ4n) is 1.11. The Bertz CT molecular complexity index is 249. The van der Waals surface area contributed by atoms with Crippen molar-refractivity contribution in [3.63, 3.8) is 0 Å². The molecule has 3 nitrogen and oxygen atoms in total. The summed E-state index contributed by atoms with van der Waals surface area (Å²) >= 11 is 0. The Labute approximate surface area is 96.6 Å². The van der Waals surface area contributed by atoms with Crippen LogP contribution in [-0.2, 0) is 11.2 Å². The van der Waals surface area contributed by atoms with E-state index < -0.39 is 0 Å². The van der Waals surface area contributed by atoms with E-state index in [1.807, 2.05) is 12.1 Å². The quantitative estimate of drug-likeness (QED) is 0.791. The topological polar surface area (TPSA) is 61.3 Å². The van der Waals surface area contributed by atoms with Gasteiger partial charge in [-0.1, -0.05) is 0 Å². The summed E-state index contributed by atoms with van der Waals surface area (Å²) in [6.07, 6.45) is 0.853. The number of benzene rings is 1. The molecule has 0 saturated carbocycles. The molecular formula is C9H16Cl2N2O. The molecule has 5 heteroatoms. The van der Waals surface area contributed by atoms with Gasteiger partial charge in [-0.2, -0.15) is 0 Å². The van der Waals surface area contributed by atoms with Gasteiger partial charge in [-0.15, -0.1) is 24.8 Å². The number of halogens is 2. The molecule has 0 spiro atoms. The molecule has 0 atom stereocenters. The number of methoxy groups -OCH3 is 1. The highest BCUT2D eigenvalue weighted by Gasteiger charge is 1.95. The van der Waals surface area contributed by atoms with Crippen molar-refractivity contribution in [1.82, 2.24) is 0 Å². The molecule has 1 aromatic rings. The van der Waals surface area contributed by atoms with Crippen LogP contribution in [0.25, 0.3) is 0 Å². The van der Waals surface area contributed by atoms with Crippen LogP contribution >= 0.6 is 24.8 Å². The van der Waals surface area contributed by atoms with Crippen LogP contribution in [0.15, 0.2) is 18.2 Å². The molecule has 1 rings (SSSR count). The normalized spacial score (nSPS) is 8.64. The van der Waals surface area contributed by atoms with Crippen LogP contribution in [0.3, 0.4) is 0 Å². The second kappa shape index (κ2) is 7.74. The monoisotopic (exact) mass is 238 g/mol. The molecule has 0 aliphatic heterocycles. The van der Waals surface area contributed by atoms with E-state index >= 15 is 0 Å². The first kappa shape index (κ1) is 15.8. The van der Waals surface area contributed by atoms with Crippen LogP contribution < -0.4 is 11.5 Å². The molecule has 0 radical (unpaired) electrons. The predicted octanol–water partition coefficient (Wildman–Crippen LogP) is 1.88. The number of ether oxygens (including phenoxy) is 1. The van der Waals surface area contributed by atoms with E-state index in [2.05, 4.69) is 0 Å². The summed E-state index contributed by atoms with van der Waals surface area (Å²) in [5.74, 6) is 0. The van der Waals surface area contributed by atoms with Gasteiger partial charge in [0.05, 0.1) is 6.61 Å². The largest absolute Gasteiger partial charge is 0.399 e. The Morgan fingerprint density at radius 3 is 2.00 bits per heavy atom. The molecule has 0 unspecified atom stereocenters. The molecule has 0 amide bonds. The van der Waals surface area contributed by atoms with Gasteiger partial charge in [0, 0.05) is 18.5 Å². The molecular weight excluding hydrogens is 223 g/mol. The van der Waals surface area contributed by atoms with Crippen molar-refractivity contribution >= 4 is 36.2 Å². The first-order valence-electron chi connectivity index (χ1n) is 3.86. The maximum atomic E-state index is 5.61. The van der Waals surface area contributed by atoms with E-state index in [9.17, 15) is 0 Å². The third-order valence-electron chi connectivity index (χ3n) is 1.63. The van der Waals surface area contributed by atoms with Gasteiger partial charge in [-0.3, -0.25) is 0 Å². The van der Waals surface area contributed by atoms with Crippen molar-refractivity contribution < 1.29 is 4.74 Å². The molecule has 0 saturated heterocycles. The average Bonchev–Trinajstić information content (AvgIpc) is 1.99. The van der Waals surface area contributed by atoms with E-state index in [0.717, 1.165) is 12.0 Å². The van der Waals surface area contributed by atoms with E-state index in [-0.39, 0.29) is 24.8 Å². The van der Waals surface area contributed by atoms with Crippen molar-refractivity contribution in [2.24, 2.45) is 0 Å². The summed E-state index contributed by atoms with van der Waals surface area (Å²) in [7, 11) is 1.68. The zero-order valence-corrected chi connectivity index (χ0v) is 9.66. The number of nitrogen functional groups attached to an aromatic ring is 2. The molecule has 0 bridgehead atoms. The molecule has 0 fully saturated rings. The lowest BCUT2D eigenvalue weighted by molar-refractivity contribution is 0.202. The number of rotatable bonds is 3. The predicted molar refractivity (Wildman–Crippen MR) is 65.3 cm³/mol. The number of hydrogen-bond acceptors (Lipinski definition) is 3. The van der Waals surface area contributed by atoms with Gasteiger partial charge in [-0.05, 0) is 30.2 Å². The Morgan fingerprint density at radius 2 is 1.57 bits per heavy atom. The molecule has 0 aliphatic rings. The van der Waals surface area contributed by atoms with Crippen LogP contribution in [-0.4, -0.2) is 13.7 Å². The van der Waals surface area contributed by atoms with Gasteiger partial charge in [0.2, 0.25) is 0 Å². The smallest absolute Gasteiger partial charge is 0.0502 e. The zero-order valence-electron chi connectivity index (χ0n) is 8.03. The van der Waals surface area contributed by atoms with Crippen molar-refractivity contribution in [3.8, 4) is 0 Å². The van der Waals surface area contributed by atoms with Gasteiger partial charge >= 0.3 is 0 Å². The molecule has 14 heavy (non-hydrogen) atoms. The first-order chi connectivity index (χ1) is 5.72. The van der Waals surface area contributed by atoms with Gasteiger partial charge < -0.3 is 16.2 Å². The maximum Gasteiger partial charge on any atom is 0.0502 e. The fourth-order valence-corrected chi connectivity index (χ4v) is 1.11. The number of anilines is 2. The van der Waals surface area contributed by atoms with E-state index in [1.54, 1.807) is 13.2 Å². The van der Waals surface area contributed by atoms with Gasteiger partial charge in [0.1, 0.15) is 0 Å². The van der Waals surface area contributed by atoms with Crippen molar-refractivity contribution in [3.05, 3.63) is 23.8 Å². The van der Waals surface area contributed by atoms with Crippen LogP contribution in [0.5, 0.6) is 0 Å². The van der Waals surface area contributed by atoms with Crippen LogP contribution in [0.4, 0.5) is 11.4 Å². The van der Waals surface area contributed by atoms with Gasteiger partial charge in [0.15, 0.2) is 0 Å². The average molecular weight is 239 g/mol. The Morgan fingerprint density at radius 1 is 1.07 bits per heavy atom. The third-order valence-corrected chi connectivity index (χ3v) is 1.63. The highest BCUT2D eigenvalue weighted by molar-refractivity contribution is 5.85. The van der Waals surface area contributed by atoms with Gasteiger partial charge in [0.25, 0.3) is 0 Å². The third kappa shape index (κ3) is 5.17. The SMILES string of the molecule is COCCc1cc(N)cc(N)c1.Cl.Cl.